The molecule has 1 rings (SSSR count). The summed E-state index contributed by atoms with van der Waals surface area (Å²) in [6.07, 6.45) is 1.98. The van der Waals surface area contributed by atoms with Crippen LogP contribution in [0.4, 0.5) is 0 Å². The minimum absolute atomic E-state index is 0.219. The van der Waals surface area contributed by atoms with Crippen molar-refractivity contribution < 1.29 is 9.59 Å². The van der Waals surface area contributed by atoms with Crippen LogP contribution in [-0.4, -0.2) is 29.9 Å². The van der Waals surface area contributed by atoms with Crippen molar-refractivity contribution in [3.05, 3.63) is 28.5 Å². The molecule has 0 aliphatic carbocycles. The van der Waals surface area contributed by atoms with Gasteiger partial charge in [0.15, 0.2) is 0 Å². The summed E-state index contributed by atoms with van der Waals surface area (Å²) in [4.78, 5) is 28.0. The Labute approximate surface area is 124 Å². The Morgan fingerprint density at radius 3 is 2.55 bits per heavy atom. The molecular formula is C14H20ClN3O2. The summed E-state index contributed by atoms with van der Waals surface area (Å²) in [5, 5.41) is 5.58. The third-order valence-corrected chi connectivity index (χ3v) is 3.12. The molecule has 1 aromatic heterocycles. The van der Waals surface area contributed by atoms with Crippen LogP contribution < -0.4 is 10.6 Å². The van der Waals surface area contributed by atoms with Crippen LogP contribution in [-0.2, 0) is 4.79 Å². The van der Waals surface area contributed by atoms with Crippen LogP contribution in [0.2, 0.25) is 5.02 Å². The summed E-state index contributed by atoms with van der Waals surface area (Å²) < 4.78 is 0. The highest BCUT2D eigenvalue weighted by molar-refractivity contribution is 6.33. The lowest BCUT2D eigenvalue weighted by atomic mass is 10.0. The average Bonchev–Trinajstić information content (AvgIpc) is 2.36. The van der Waals surface area contributed by atoms with Gasteiger partial charge in [-0.05, 0) is 25.3 Å². The van der Waals surface area contributed by atoms with Crippen molar-refractivity contribution in [2.24, 2.45) is 5.92 Å². The van der Waals surface area contributed by atoms with Crippen molar-refractivity contribution in [3.63, 3.8) is 0 Å². The minimum atomic E-state index is -0.579. The second-order valence-corrected chi connectivity index (χ2v) is 5.48. The molecule has 1 aromatic rings. The normalized spacial score (nSPS) is 12.1. The van der Waals surface area contributed by atoms with E-state index in [0.717, 1.165) is 5.69 Å². The molecule has 0 saturated heterocycles. The number of aryl methyl sites for hydroxylation is 1. The Morgan fingerprint density at radius 1 is 1.40 bits per heavy atom. The van der Waals surface area contributed by atoms with Gasteiger partial charge in [-0.15, -0.1) is 0 Å². The Kier molecular flexibility index (Phi) is 5.95. The lowest BCUT2D eigenvalue weighted by Gasteiger charge is -2.19. The smallest absolute Gasteiger partial charge is 0.255 e. The van der Waals surface area contributed by atoms with Crippen LogP contribution >= 0.6 is 11.6 Å². The lowest BCUT2D eigenvalue weighted by Crippen LogP contribution is -2.46. The second-order valence-electron chi connectivity index (χ2n) is 5.08. The van der Waals surface area contributed by atoms with Gasteiger partial charge in [0.2, 0.25) is 5.91 Å². The van der Waals surface area contributed by atoms with Crippen molar-refractivity contribution in [2.45, 2.75) is 33.2 Å². The summed E-state index contributed by atoms with van der Waals surface area (Å²) >= 11 is 6.03. The van der Waals surface area contributed by atoms with Crippen molar-refractivity contribution in [3.8, 4) is 0 Å². The highest BCUT2D eigenvalue weighted by Crippen LogP contribution is 2.16. The molecule has 1 atom stereocenters. The summed E-state index contributed by atoms with van der Waals surface area (Å²) in [5.74, 6) is -0.329. The van der Waals surface area contributed by atoms with Gasteiger partial charge in [0.25, 0.3) is 5.91 Å². The van der Waals surface area contributed by atoms with Crippen LogP contribution in [0.3, 0.4) is 0 Å². The summed E-state index contributed by atoms with van der Waals surface area (Å²) in [7, 11) is 1.54. The van der Waals surface area contributed by atoms with Gasteiger partial charge in [-0.25, -0.2) is 0 Å². The van der Waals surface area contributed by atoms with Crippen LogP contribution in [0.1, 0.15) is 36.3 Å². The quantitative estimate of drug-likeness (QED) is 0.872. The third kappa shape index (κ3) is 4.49. The number of hydrogen-bond acceptors (Lipinski definition) is 3. The molecule has 1 heterocycles. The number of aromatic nitrogens is 1. The van der Waals surface area contributed by atoms with E-state index in [1.807, 2.05) is 13.8 Å². The molecule has 6 heteroatoms. The summed E-state index contributed by atoms with van der Waals surface area (Å²) in [6, 6.07) is 1.04. The van der Waals surface area contributed by atoms with Gasteiger partial charge in [-0.2, -0.15) is 0 Å². The van der Waals surface area contributed by atoms with Crippen molar-refractivity contribution in [1.82, 2.24) is 15.6 Å². The Morgan fingerprint density at radius 2 is 2.05 bits per heavy atom. The molecule has 0 fully saturated rings. The van der Waals surface area contributed by atoms with Gasteiger partial charge in [0.05, 0.1) is 10.6 Å². The van der Waals surface area contributed by atoms with E-state index in [1.165, 1.54) is 6.20 Å². The molecule has 0 aliphatic heterocycles. The standard InChI is InChI=1S/C14H20ClN3O2/c1-8(2)5-12(14(20)16-4)18-13(19)10-7-17-9(3)6-11(10)15/h6-8,12H,5H2,1-4H3,(H,16,20)(H,18,19). The molecule has 0 radical (unpaired) electrons. The molecule has 0 aliphatic rings. The van der Waals surface area contributed by atoms with E-state index in [4.69, 9.17) is 11.6 Å². The maximum absolute atomic E-state index is 12.2. The first kappa shape index (κ1) is 16.4. The molecule has 0 aromatic carbocycles. The van der Waals surface area contributed by atoms with E-state index in [2.05, 4.69) is 15.6 Å². The third-order valence-electron chi connectivity index (χ3n) is 2.81. The van der Waals surface area contributed by atoms with Gasteiger partial charge in [0, 0.05) is 18.9 Å². The fourth-order valence-corrected chi connectivity index (χ4v) is 2.10. The largest absolute Gasteiger partial charge is 0.357 e. The molecule has 1 unspecified atom stereocenters. The lowest BCUT2D eigenvalue weighted by molar-refractivity contribution is -0.122. The van der Waals surface area contributed by atoms with Gasteiger partial charge < -0.3 is 10.6 Å². The molecule has 0 bridgehead atoms. The Hall–Kier alpha value is -1.62. The van der Waals surface area contributed by atoms with E-state index in [9.17, 15) is 9.59 Å². The highest BCUT2D eigenvalue weighted by Gasteiger charge is 2.22. The number of carbonyl (C=O) groups excluding carboxylic acids is 2. The van der Waals surface area contributed by atoms with Gasteiger partial charge >= 0.3 is 0 Å². The van der Waals surface area contributed by atoms with Crippen molar-refractivity contribution in [1.29, 1.82) is 0 Å². The minimum Gasteiger partial charge on any atom is -0.357 e. The first-order chi connectivity index (χ1) is 9.35. The number of amides is 2. The van der Waals surface area contributed by atoms with E-state index < -0.39 is 11.9 Å². The van der Waals surface area contributed by atoms with E-state index in [1.54, 1.807) is 20.0 Å². The average molecular weight is 298 g/mol. The second kappa shape index (κ2) is 7.24. The molecule has 20 heavy (non-hydrogen) atoms. The molecule has 0 saturated carbocycles. The van der Waals surface area contributed by atoms with Gasteiger partial charge in [-0.3, -0.25) is 14.6 Å². The first-order valence-corrected chi connectivity index (χ1v) is 6.87. The van der Waals surface area contributed by atoms with Crippen LogP contribution in [0.25, 0.3) is 0 Å². The predicted molar refractivity (Wildman–Crippen MR) is 78.8 cm³/mol. The number of nitrogens with one attached hydrogen (secondary N) is 2. The number of likely N-dealkylation sites (N-methyl/N-ethyl adjacent to an activating group) is 1. The summed E-state index contributed by atoms with van der Waals surface area (Å²) in [6.45, 7) is 5.77. The van der Waals surface area contributed by atoms with Crippen LogP contribution in [0.5, 0.6) is 0 Å². The van der Waals surface area contributed by atoms with Crippen LogP contribution in [0, 0.1) is 12.8 Å². The molecule has 5 nitrogen and oxygen atoms in total. The summed E-state index contributed by atoms with van der Waals surface area (Å²) in [5.41, 5.74) is 1.01. The maximum atomic E-state index is 12.2. The number of nitrogens with zero attached hydrogens (tertiary/aromatic N) is 1. The zero-order valence-corrected chi connectivity index (χ0v) is 12.9. The molecule has 110 valence electrons. The fraction of sp³-hybridized carbons (Fsp3) is 0.500. The number of pyridine rings is 1. The van der Waals surface area contributed by atoms with Crippen LogP contribution in [0.15, 0.2) is 12.3 Å². The predicted octanol–water partition coefficient (Wildman–Crippen LogP) is 1.93. The zero-order chi connectivity index (χ0) is 15.3. The zero-order valence-electron chi connectivity index (χ0n) is 12.2. The Balaban J connectivity index is 2.87. The maximum Gasteiger partial charge on any atom is 0.255 e. The number of carbonyl (C=O) groups is 2. The fourth-order valence-electron chi connectivity index (χ4n) is 1.81. The first-order valence-electron chi connectivity index (χ1n) is 6.49. The van der Waals surface area contributed by atoms with Crippen molar-refractivity contribution in [2.75, 3.05) is 7.05 Å². The van der Waals surface area contributed by atoms with E-state index >= 15 is 0 Å². The highest BCUT2D eigenvalue weighted by atomic mass is 35.5. The van der Waals surface area contributed by atoms with E-state index in [-0.39, 0.29) is 17.4 Å². The van der Waals surface area contributed by atoms with Gasteiger partial charge in [-0.1, -0.05) is 25.4 Å². The monoisotopic (exact) mass is 297 g/mol. The van der Waals surface area contributed by atoms with Gasteiger partial charge in [0.1, 0.15) is 6.04 Å². The molecule has 0 spiro atoms. The SMILES string of the molecule is CNC(=O)C(CC(C)C)NC(=O)c1cnc(C)cc1Cl. The number of halogens is 1. The molecule has 2 amide bonds. The van der Waals surface area contributed by atoms with E-state index in [0.29, 0.717) is 11.4 Å². The number of rotatable bonds is 5. The topological polar surface area (TPSA) is 71.1 Å². The molecule has 2 N–H and O–H groups in total. The Bertz CT molecular complexity index is 503. The molecular weight excluding hydrogens is 278 g/mol. The van der Waals surface area contributed by atoms with Crippen molar-refractivity contribution >= 4 is 23.4 Å². The number of hydrogen-bond donors (Lipinski definition) is 2.